The van der Waals surface area contributed by atoms with Crippen LogP contribution >= 0.6 is 0 Å². The molecule has 0 saturated carbocycles. The van der Waals surface area contributed by atoms with Gasteiger partial charge in [0.15, 0.2) is 0 Å². The molecule has 0 heterocycles. The van der Waals surface area contributed by atoms with Crippen molar-refractivity contribution < 1.29 is 0 Å². The lowest BCUT2D eigenvalue weighted by Crippen LogP contribution is -2.15. The van der Waals surface area contributed by atoms with Gasteiger partial charge in [0.1, 0.15) is 0 Å². The molecular weight excluding hydrogens is 288 g/mol. The molecule has 0 aliphatic carbocycles. The summed E-state index contributed by atoms with van der Waals surface area (Å²) in [5, 5.41) is 0. The molecule has 0 aromatic heterocycles. The molecule has 0 nitrogen and oxygen atoms in total. The van der Waals surface area contributed by atoms with E-state index in [2.05, 4.69) is 48.5 Å². The van der Waals surface area contributed by atoms with Gasteiger partial charge >= 0.3 is 0 Å². The van der Waals surface area contributed by atoms with E-state index >= 15 is 0 Å². The quantitative estimate of drug-likeness (QED) is 0.247. The zero-order valence-corrected chi connectivity index (χ0v) is 18.3. The molecule has 0 amide bonds. The fourth-order valence-corrected chi connectivity index (χ4v) is 3.80. The summed E-state index contributed by atoms with van der Waals surface area (Å²) < 4.78 is 0. The molecule has 0 aromatic carbocycles. The van der Waals surface area contributed by atoms with Crippen LogP contribution in [0.1, 0.15) is 126 Å². The van der Waals surface area contributed by atoms with Crippen molar-refractivity contribution in [1.82, 2.24) is 0 Å². The third-order valence-corrected chi connectivity index (χ3v) is 6.09. The van der Waals surface area contributed by atoms with Gasteiger partial charge in [-0.1, -0.05) is 106 Å². The van der Waals surface area contributed by atoms with Gasteiger partial charge in [-0.3, -0.25) is 0 Å². The molecule has 0 aliphatic rings. The third-order valence-electron chi connectivity index (χ3n) is 6.09. The van der Waals surface area contributed by atoms with E-state index in [1.165, 1.54) is 77.0 Å². The van der Waals surface area contributed by atoms with Crippen LogP contribution in [-0.4, -0.2) is 0 Å². The molecule has 0 aliphatic heterocycles. The highest BCUT2D eigenvalue weighted by Crippen LogP contribution is 2.34. The fourth-order valence-electron chi connectivity index (χ4n) is 3.80. The van der Waals surface area contributed by atoms with E-state index in [1.807, 2.05) is 5.92 Å². The van der Waals surface area contributed by atoms with E-state index in [0.29, 0.717) is 0 Å². The summed E-state index contributed by atoms with van der Waals surface area (Å²) in [5.74, 6) is 5.46. The first-order valence-electron chi connectivity index (χ1n) is 11.3. The highest BCUT2D eigenvalue weighted by atomic mass is 14.3. The van der Waals surface area contributed by atoms with Crippen molar-refractivity contribution in [3.8, 4) is 0 Å². The van der Waals surface area contributed by atoms with E-state index in [0.717, 1.165) is 23.7 Å². The van der Waals surface area contributed by atoms with Crippen molar-refractivity contribution in [2.45, 2.75) is 126 Å². The van der Waals surface area contributed by atoms with Crippen LogP contribution in [0, 0.1) is 29.6 Å². The number of hydrogen-bond donors (Lipinski definition) is 0. The van der Waals surface area contributed by atoms with Gasteiger partial charge in [0.25, 0.3) is 0 Å². The Morgan fingerprint density at radius 1 is 0.708 bits per heavy atom. The van der Waals surface area contributed by atoms with Crippen LogP contribution < -0.4 is 0 Å². The highest BCUT2D eigenvalue weighted by Gasteiger charge is 2.21. The van der Waals surface area contributed by atoms with Crippen molar-refractivity contribution in [2.75, 3.05) is 0 Å². The Morgan fingerprint density at radius 2 is 1.42 bits per heavy atom. The Morgan fingerprint density at radius 3 is 1.96 bits per heavy atom. The maximum atomic E-state index is 2.52. The molecule has 0 spiro atoms. The predicted molar refractivity (Wildman–Crippen MR) is 112 cm³/mol. The second-order valence-electron chi connectivity index (χ2n) is 8.91. The lowest BCUT2D eigenvalue weighted by molar-refractivity contribution is 0.352. The normalized spacial score (nSPS) is 15.9. The monoisotopic (exact) mass is 337 g/mol. The SMILES string of the molecule is CCCC(CC)C[C](CCCCCC(C)C)C(C)CCC(C)CC. The molecule has 0 saturated heterocycles. The van der Waals surface area contributed by atoms with Crippen molar-refractivity contribution in [3.63, 3.8) is 0 Å². The van der Waals surface area contributed by atoms with E-state index in [1.54, 1.807) is 0 Å². The van der Waals surface area contributed by atoms with Gasteiger partial charge in [-0.2, -0.15) is 0 Å². The molecule has 3 atom stereocenters. The smallest absolute Gasteiger partial charge is 0.0210 e. The Labute approximate surface area is 155 Å². The van der Waals surface area contributed by atoms with E-state index in [-0.39, 0.29) is 0 Å². The molecular formula is C24H49. The summed E-state index contributed by atoms with van der Waals surface area (Å²) in [5.41, 5.74) is 0. The van der Waals surface area contributed by atoms with Crippen molar-refractivity contribution in [3.05, 3.63) is 5.92 Å². The van der Waals surface area contributed by atoms with Crippen molar-refractivity contribution in [1.29, 1.82) is 0 Å². The van der Waals surface area contributed by atoms with Crippen LogP contribution in [0.15, 0.2) is 0 Å². The molecule has 0 bridgehead atoms. The standard InChI is InChI=1S/C24H49/c1-8-14-23(10-3)19-24(16-13-11-12-15-20(4)5)22(7)18-17-21(6)9-2/h20-23H,8-19H2,1-7H3. The number of rotatable bonds is 16. The van der Waals surface area contributed by atoms with Crippen LogP contribution in [0.4, 0.5) is 0 Å². The van der Waals surface area contributed by atoms with Gasteiger partial charge in [0.05, 0.1) is 0 Å². The van der Waals surface area contributed by atoms with Crippen LogP contribution in [0.25, 0.3) is 0 Å². The molecule has 0 rings (SSSR count). The maximum absolute atomic E-state index is 2.52. The molecule has 1 radical (unpaired) electrons. The minimum Gasteiger partial charge on any atom is -0.0654 e. The number of unbranched alkanes of at least 4 members (excludes halogenated alkanes) is 2. The van der Waals surface area contributed by atoms with E-state index < -0.39 is 0 Å². The molecule has 3 unspecified atom stereocenters. The predicted octanol–water partition coefficient (Wildman–Crippen LogP) is 8.85. The minimum absolute atomic E-state index is 0.843. The zero-order valence-electron chi connectivity index (χ0n) is 18.3. The molecule has 145 valence electrons. The molecule has 0 heteroatoms. The summed E-state index contributed by atoms with van der Waals surface area (Å²) in [6, 6.07) is 0. The van der Waals surface area contributed by atoms with Gasteiger partial charge < -0.3 is 0 Å². The second-order valence-corrected chi connectivity index (χ2v) is 8.91. The third kappa shape index (κ3) is 12.4. The zero-order chi connectivity index (χ0) is 18.4. The Hall–Kier alpha value is 0. The average Bonchev–Trinajstić information content (AvgIpc) is 2.56. The van der Waals surface area contributed by atoms with Gasteiger partial charge in [-0.15, -0.1) is 0 Å². The molecule has 0 aromatic rings. The molecule has 0 fully saturated rings. The highest BCUT2D eigenvalue weighted by molar-refractivity contribution is 4.96. The second kappa shape index (κ2) is 15.3. The average molecular weight is 338 g/mol. The summed E-state index contributed by atoms with van der Waals surface area (Å²) in [7, 11) is 0. The summed E-state index contributed by atoms with van der Waals surface area (Å²) in [6.45, 7) is 16.7. The Balaban J connectivity index is 4.40. The maximum Gasteiger partial charge on any atom is -0.0210 e. The van der Waals surface area contributed by atoms with Gasteiger partial charge in [-0.05, 0) is 48.9 Å². The first-order valence-corrected chi connectivity index (χ1v) is 11.3. The van der Waals surface area contributed by atoms with Crippen molar-refractivity contribution in [2.24, 2.45) is 23.7 Å². The summed E-state index contributed by atoms with van der Waals surface area (Å²) in [6.07, 6.45) is 16.8. The first kappa shape index (κ1) is 24.0. The lowest BCUT2D eigenvalue weighted by atomic mass is 9.77. The lowest BCUT2D eigenvalue weighted by Gasteiger charge is -2.28. The van der Waals surface area contributed by atoms with Gasteiger partial charge in [0.2, 0.25) is 0 Å². The first-order chi connectivity index (χ1) is 11.4. The Kier molecular flexibility index (Phi) is 15.3. The van der Waals surface area contributed by atoms with Crippen LogP contribution in [0.2, 0.25) is 0 Å². The molecule has 0 N–H and O–H groups in total. The largest absolute Gasteiger partial charge is 0.0654 e. The fraction of sp³-hybridized carbons (Fsp3) is 0.958. The van der Waals surface area contributed by atoms with E-state index in [9.17, 15) is 0 Å². The van der Waals surface area contributed by atoms with Crippen LogP contribution in [0.3, 0.4) is 0 Å². The van der Waals surface area contributed by atoms with Gasteiger partial charge in [0, 0.05) is 0 Å². The van der Waals surface area contributed by atoms with Crippen LogP contribution in [0.5, 0.6) is 0 Å². The number of hydrogen-bond acceptors (Lipinski definition) is 0. The van der Waals surface area contributed by atoms with Crippen molar-refractivity contribution >= 4 is 0 Å². The summed E-state index contributed by atoms with van der Waals surface area (Å²) >= 11 is 0. The molecule has 24 heavy (non-hydrogen) atoms. The van der Waals surface area contributed by atoms with E-state index in [4.69, 9.17) is 0 Å². The Bertz CT molecular complexity index is 255. The van der Waals surface area contributed by atoms with Gasteiger partial charge in [-0.25, -0.2) is 0 Å². The summed E-state index contributed by atoms with van der Waals surface area (Å²) in [4.78, 5) is 0. The topological polar surface area (TPSA) is 0 Å². The van der Waals surface area contributed by atoms with Crippen LogP contribution in [-0.2, 0) is 0 Å². The minimum atomic E-state index is 0.843.